The fraction of sp³-hybridized carbons (Fsp3) is 0.280. The Kier molecular flexibility index (Phi) is 5.20. The third-order valence-electron chi connectivity index (χ3n) is 6.12. The predicted molar refractivity (Wildman–Crippen MR) is 126 cm³/mol. The maximum Gasteiger partial charge on any atom is 0.158 e. The Morgan fingerprint density at radius 2 is 2.16 bits per heavy atom. The number of anilines is 3. The first kappa shape index (κ1) is 20.0. The van der Waals surface area contributed by atoms with E-state index in [4.69, 9.17) is 4.98 Å². The largest absolute Gasteiger partial charge is 0.366 e. The van der Waals surface area contributed by atoms with Gasteiger partial charge in [0, 0.05) is 30.4 Å². The molecule has 0 spiro atoms. The van der Waals surface area contributed by atoms with E-state index in [1.54, 1.807) is 6.33 Å². The third kappa shape index (κ3) is 3.65. The van der Waals surface area contributed by atoms with Crippen LogP contribution in [0.3, 0.4) is 0 Å². The minimum atomic E-state index is 0.289. The van der Waals surface area contributed by atoms with Gasteiger partial charge < -0.3 is 15.1 Å². The molecule has 1 fully saturated rings. The van der Waals surface area contributed by atoms with Gasteiger partial charge in [0.15, 0.2) is 5.82 Å². The quantitative estimate of drug-likeness (QED) is 0.653. The summed E-state index contributed by atoms with van der Waals surface area (Å²) in [4.78, 5) is 18.3. The maximum absolute atomic E-state index is 9.29. The van der Waals surface area contributed by atoms with Crippen LogP contribution in [-0.2, 0) is 6.42 Å². The molecule has 1 aromatic carbocycles. The number of pyridine rings is 1. The van der Waals surface area contributed by atoms with E-state index in [-0.39, 0.29) is 6.04 Å². The Hall–Kier alpha value is -3.92. The molecule has 7 nitrogen and oxygen atoms in total. The van der Waals surface area contributed by atoms with Crippen molar-refractivity contribution < 1.29 is 0 Å². The Morgan fingerprint density at radius 3 is 3.00 bits per heavy atom. The van der Waals surface area contributed by atoms with Gasteiger partial charge >= 0.3 is 0 Å². The average Bonchev–Trinajstić information content (AvgIpc) is 2.84. The molecule has 0 unspecified atom stereocenters. The minimum Gasteiger partial charge on any atom is -0.366 e. The van der Waals surface area contributed by atoms with Gasteiger partial charge in [-0.1, -0.05) is 25.6 Å². The van der Waals surface area contributed by atoms with Crippen molar-refractivity contribution in [2.45, 2.75) is 32.2 Å². The van der Waals surface area contributed by atoms with Gasteiger partial charge in [0.1, 0.15) is 18.0 Å². The lowest BCUT2D eigenvalue weighted by Gasteiger charge is -2.47. The molecule has 0 aliphatic carbocycles. The highest BCUT2D eigenvalue weighted by Crippen LogP contribution is 2.41. The Bertz CT molecular complexity index is 1210. The van der Waals surface area contributed by atoms with E-state index in [9.17, 15) is 5.26 Å². The van der Waals surface area contributed by atoms with Gasteiger partial charge in [0.25, 0.3) is 0 Å². The molecule has 7 heteroatoms. The van der Waals surface area contributed by atoms with Crippen LogP contribution in [0.4, 0.5) is 17.3 Å². The second kappa shape index (κ2) is 8.31. The zero-order chi connectivity index (χ0) is 22.1. The number of aromatic nitrogens is 3. The molecule has 2 aromatic heterocycles. The third-order valence-corrected chi connectivity index (χ3v) is 6.12. The number of aryl methyl sites for hydroxylation is 1. The highest BCUT2D eigenvalue weighted by molar-refractivity contribution is 5.77. The van der Waals surface area contributed by atoms with Crippen LogP contribution < -0.4 is 15.1 Å². The fourth-order valence-electron chi connectivity index (χ4n) is 4.55. The number of nitrogens with zero attached hydrogens (tertiary/aromatic N) is 6. The summed E-state index contributed by atoms with van der Waals surface area (Å²) in [6, 6.07) is 16.2. The number of rotatable bonds is 5. The topological polar surface area (TPSA) is 81.0 Å². The molecule has 3 aromatic rings. The molecule has 0 saturated carbocycles. The van der Waals surface area contributed by atoms with Crippen molar-refractivity contribution in [2.75, 3.05) is 28.2 Å². The molecule has 1 saturated heterocycles. The Labute approximate surface area is 188 Å². The summed E-state index contributed by atoms with van der Waals surface area (Å²) >= 11 is 0. The van der Waals surface area contributed by atoms with Crippen molar-refractivity contribution in [1.82, 2.24) is 15.0 Å². The van der Waals surface area contributed by atoms with Crippen molar-refractivity contribution in [3.63, 3.8) is 0 Å². The standard InChI is InChI=1S/C25H25N7/c1-3-20-13-24(28-16-27-20)29-17(2)32-21-8-5-11-31(15-21)23-10-9-22(30-25(23)32)19-7-4-6-18(12-19)14-26/h4,6-7,9-10,12-13,16,21H,2-3,5,8,11,15H2,1H3,(H,27,28,29)/t21-/m1/s1. The normalized spacial score (nSPS) is 16.8. The van der Waals surface area contributed by atoms with Gasteiger partial charge in [-0.05, 0) is 43.5 Å². The highest BCUT2D eigenvalue weighted by atomic mass is 15.4. The molecule has 2 aliphatic rings. The second-order valence-electron chi connectivity index (χ2n) is 8.16. The van der Waals surface area contributed by atoms with Crippen molar-refractivity contribution >= 4 is 17.3 Å². The Balaban J connectivity index is 1.54. The van der Waals surface area contributed by atoms with E-state index in [1.807, 2.05) is 36.4 Å². The summed E-state index contributed by atoms with van der Waals surface area (Å²) in [5, 5.41) is 12.7. The number of nitrogens with one attached hydrogen (secondary N) is 1. The van der Waals surface area contributed by atoms with E-state index in [0.717, 1.165) is 72.4 Å². The zero-order valence-corrected chi connectivity index (χ0v) is 18.1. The summed E-state index contributed by atoms with van der Waals surface area (Å²) in [6.45, 7) is 8.42. The van der Waals surface area contributed by atoms with Gasteiger partial charge in [0.05, 0.1) is 29.1 Å². The summed E-state index contributed by atoms with van der Waals surface area (Å²) in [5.41, 5.74) is 4.49. The minimum absolute atomic E-state index is 0.289. The van der Waals surface area contributed by atoms with Crippen LogP contribution in [0.15, 0.2) is 61.2 Å². The Morgan fingerprint density at radius 1 is 1.25 bits per heavy atom. The lowest BCUT2D eigenvalue weighted by atomic mass is 9.99. The molecular weight excluding hydrogens is 398 g/mol. The van der Waals surface area contributed by atoms with Crippen LogP contribution >= 0.6 is 0 Å². The first-order valence-electron chi connectivity index (χ1n) is 11.0. The zero-order valence-electron chi connectivity index (χ0n) is 18.1. The van der Waals surface area contributed by atoms with Gasteiger partial charge in [-0.25, -0.2) is 15.0 Å². The van der Waals surface area contributed by atoms with E-state index in [1.165, 1.54) is 0 Å². The SMILES string of the molecule is C=C(Nc1cc(CC)ncn1)N1c2nc(-c3cccc(C#N)c3)ccc2N2CCC[C@@H]1C2. The molecule has 4 heterocycles. The molecule has 32 heavy (non-hydrogen) atoms. The van der Waals surface area contributed by atoms with E-state index in [2.05, 4.69) is 50.7 Å². The number of hydrogen-bond donors (Lipinski definition) is 1. The maximum atomic E-state index is 9.29. The van der Waals surface area contributed by atoms with Gasteiger partial charge in [-0.3, -0.25) is 0 Å². The molecule has 2 bridgehead atoms. The van der Waals surface area contributed by atoms with E-state index in [0.29, 0.717) is 5.56 Å². The number of piperidine rings is 1. The monoisotopic (exact) mass is 423 g/mol. The first-order chi connectivity index (χ1) is 15.7. The van der Waals surface area contributed by atoms with Crippen molar-refractivity contribution in [3.8, 4) is 17.3 Å². The van der Waals surface area contributed by atoms with Gasteiger partial charge in [-0.2, -0.15) is 5.26 Å². The number of hydrogen-bond acceptors (Lipinski definition) is 7. The number of benzene rings is 1. The number of fused-ring (bicyclic) bond motifs is 4. The second-order valence-corrected chi connectivity index (χ2v) is 8.16. The lowest BCUT2D eigenvalue weighted by molar-refractivity contribution is 0.472. The van der Waals surface area contributed by atoms with Gasteiger partial charge in [0.2, 0.25) is 0 Å². The first-order valence-corrected chi connectivity index (χ1v) is 11.0. The van der Waals surface area contributed by atoms with E-state index >= 15 is 0 Å². The van der Waals surface area contributed by atoms with Crippen molar-refractivity contribution in [2.24, 2.45) is 0 Å². The predicted octanol–water partition coefficient (Wildman–Crippen LogP) is 4.34. The van der Waals surface area contributed by atoms with Crippen molar-refractivity contribution in [3.05, 3.63) is 72.4 Å². The summed E-state index contributed by atoms with van der Waals surface area (Å²) in [5.74, 6) is 2.39. The molecule has 1 N–H and O–H groups in total. The van der Waals surface area contributed by atoms with E-state index < -0.39 is 0 Å². The van der Waals surface area contributed by atoms with Crippen LogP contribution in [0.25, 0.3) is 11.3 Å². The fourth-order valence-corrected chi connectivity index (χ4v) is 4.55. The lowest BCUT2D eigenvalue weighted by Crippen LogP contribution is -2.53. The molecule has 1 atom stereocenters. The summed E-state index contributed by atoms with van der Waals surface area (Å²) in [7, 11) is 0. The van der Waals surface area contributed by atoms with Crippen LogP contribution in [0.2, 0.25) is 0 Å². The summed E-state index contributed by atoms with van der Waals surface area (Å²) in [6.07, 6.45) is 4.64. The molecule has 0 amide bonds. The highest BCUT2D eigenvalue weighted by Gasteiger charge is 2.36. The van der Waals surface area contributed by atoms with Crippen molar-refractivity contribution in [1.29, 1.82) is 5.26 Å². The molecule has 0 radical (unpaired) electrons. The molecular formula is C25H25N7. The number of nitriles is 1. The van der Waals surface area contributed by atoms with Crippen LogP contribution in [0.1, 0.15) is 31.0 Å². The van der Waals surface area contributed by atoms with Crippen LogP contribution in [-0.4, -0.2) is 34.1 Å². The molecule has 2 aliphatic heterocycles. The summed E-state index contributed by atoms with van der Waals surface area (Å²) < 4.78 is 0. The molecule has 5 rings (SSSR count). The van der Waals surface area contributed by atoms with Crippen LogP contribution in [0, 0.1) is 11.3 Å². The van der Waals surface area contributed by atoms with Crippen LogP contribution in [0.5, 0.6) is 0 Å². The smallest absolute Gasteiger partial charge is 0.158 e. The molecule has 160 valence electrons. The van der Waals surface area contributed by atoms with Gasteiger partial charge in [-0.15, -0.1) is 0 Å². The average molecular weight is 424 g/mol.